The number of hydrogen-bond donors (Lipinski definition) is 1. The van der Waals surface area contributed by atoms with Crippen molar-refractivity contribution >= 4 is 39.3 Å². The highest BCUT2D eigenvalue weighted by Crippen LogP contribution is 2.40. The van der Waals surface area contributed by atoms with Crippen molar-refractivity contribution in [2.24, 2.45) is 0 Å². The summed E-state index contributed by atoms with van der Waals surface area (Å²) in [6.07, 6.45) is 1.32. The molecule has 0 bridgehead atoms. The largest absolute Gasteiger partial charge is 0.546 e. The number of halogens is 1. The zero-order chi connectivity index (χ0) is 20.4. The number of ether oxygens (including phenoxy) is 2. The van der Waals surface area contributed by atoms with Gasteiger partial charge < -0.3 is 24.7 Å². The Balaban J connectivity index is 1.70. The Hall–Kier alpha value is -2.85. The summed E-state index contributed by atoms with van der Waals surface area (Å²) < 4.78 is 12.2. The number of nitrogens with one attached hydrogen (secondary N) is 1. The molecule has 1 aliphatic rings. The second-order valence-electron chi connectivity index (χ2n) is 6.01. The molecule has 0 aliphatic carbocycles. The van der Waals surface area contributed by atoms with Gasteiger partial charge in [0, 0.05) is 21.3 Å². The van der Waals surface area contributed by atoms with Crippen LogP contribution in [0.3, 0.4) is 0 Å². The number of nitrogens with zero attached hydrogens (tertiary/aromatic N) is 3. The molecule has 0 saturated carbocycles. The van der Waals surface area contributed by atoms with E-state index in [4.69, 9.17) is 9.47 Å². The fourth-order valence-electron chi connectivity index (χ4n) is 2.79. The van der Waals surface area contributed by atoms with E-state index in [2.05, 4.69) is 36.4 Å². The van der Waals surface area contributed by atoms with Gasteiger partial charge in [0.05, 0.1) is 5.97 Å². The zero-order valence-electron chi connectivity index (χ0n) is 15.1. The van der Waals surface area contributed by atoms with E-state index in [0.29, 0.717) is 22.5 Å². The first kappa shape index (κ1) is 19.5. The van der Waals surface area contributed by atoms with E-state index in [0.717, 1.165) is 21.3 Å². The van der Waals surface area contributed by atoms with Crippen LogP contribution in [0.1, 0.15) is 11.8 Å². The van der Waals surface area contributed by atoms with Gasteiger partial charge in [-0.25, -0.2) is 0 Å². The highest BCUT2D eigenvalue weighted by atomic mass is 79.9. The second kappa shape index (κ2) is 8.26. The van der Waals surface area contributed by atoms with E-state index in [1.54, 1.807) is 24.3 Å². The van der Waals surface area contributed by atoms with Crippen LogP contribution < -0.4 is 19.9 Å². The maximum Gasteiger partial charge on any atom is 0.247 e. The molecule has 2 heterocycles. The number of carboxylic acid groups (broad SMARTS) is 1. The van der Waals surface area contributed by atoms with Gasteiger partial charge in [-0.05, 0) is 48.7 Å². The molecule has 1 N–H and O–H groups in total. The molecule has 2 aromatic carbocycles. The molecular weight excluding hydrogens is 460 g/mol. The minimum atomic E-state index is -1.28. The standard InChI is InChI=1S/C19H15BrN4O4S/c1-29-19-22-18-16(23-24-19)13-8-11(20)4-7-14(13)21-17(28-18)10-2-5-12(6-3-10)27-9-15(25)26/h2-8,17,21H,9H2,1H3,(H,25,26)/p-1/t17-/m1/s1. The highest BCUT2D eigenvalue weighted by Gasteiger charge is 2.26. The number of carbonyl (C=O) groups is 1. The van der Waals surface area contributed by atoms with Gasteiger partial charge in [0.1, 0.15) is 12.4 Å². The summed E-state index contributed by atoms with van der Waals surface area (Å²) in [6.45, 7) is -0.507. The van der Waals surface area contributed by atoms with Crippen LogP contribution in [0, 0.1) is 0 Å². The third-order valence-corrected chi connectivity index (χ3v) is 5.14. The number of fused-ring (bicyclic) bond motifs is 3. The monoisotopic (exact) mass is 473 g/mol. The van der Waals surface area contributed by atoms with Gasteiger partial charge in [-0.2, -0.15) is 4.98 Å². The van der Waals surface area contributed by atoms with Crippen LogP contribution in [-0.4, -0.2) is 34.0 Å². The van der Waals surface area contributed by atoms with E-state index in [1.807, 2.05) is 24.5 Å². The van der Waals surface area contributed by atoms with Gasteiger partial charge in [-0.15, -0.1) is 10.2 Å². The van der Waals surface area contributed by atoms with Crippen molar-refractivity contribution in [2.45, 2.75) is 11.4 Å². The summed E-state index contributed by atoms with van der Waals surface area (Å²) in [7, 11) is 0. The average molecular weight is 474 g/mol. The first-order valence-electron chi connectivity index (χ1n) is 8.48. The van der Waals surface area contributed by atoms with E-state index >= 15 is 0 Å². The third-order valence-electron chi connectivity index (χ3n) is 4.11. The Morgan fingerprint density at radius 1 is 1.28 bits per heavy atom. The van der Waals surface area contributed by atoms with Gasteiger partial charge in [0.2, 0.25) is 11.0 Å². The zero-order valence-corrected chi connectivity index (χ0v) is 17.5. The van der Waals surface area contributed by atoms with Crippen molar-refractivity contribution < 1.29 is 19.4 Å². The molecule has 148 valence electrons. The number of rotatable bonds is 5. The third kappa shape index (κ3) is 4.28. The quantitative estimate of drug-likeness (QED) is 0.558. The molecule has 10 heteroatoms. The number of aromatic nitrogens is 3. The van der Waals surface area contributed by atoms with Crippen molar-refractivity contribution in [1.82, 2.24) is 15.2 Å². The first-order chi connectivity index (χ1) is 14.0. The summed E-state index contributed by atoms with van der Waals surface area (Å²) in [5.41, 5.74) is 2.99. The predicted molar refractivity (Wildman–Crippen MR) is 109 cm³/mol. The SMILES string of the molecule is CSc1nnc2c(n1)O[C@H](c1ccc(OCC(=O)[O-])cc1)Nc1ccc(Br)cc1-2. The van der Waals surface area contributed by atoms with Crippen molar-refractivity contribution in [3.8, 4) is 22.9 Å². The first-order valence-corrected chi connectivity index (χ1v) is 10.5. The van der Waals surface area contributed by atoms with Crippen molar-refractivity contribution in [3.05, 3.63) is 52.5 Å². The summed E-state index contributed by atoms with van der Waals surface area (Å²) >= 11 is 4.86. The molecule has 3 aromatic rings. The minimum absolute atomic E-state index is 0.371. The van der Waals surface area contributed by atoms with Crippen molar-refractivity contribution in [2.75, 3.05) is 18.2 Å². The molecule has 29 heavy (non-hydrogen) atoms. The van der Waals surface area contributed by atoms with Gasteiger partial charge in [0.15, 0.2) is 11.9 Å². The Labute approximate surface area is 178 Å². The summed E-state index contributed by atoms with van der Waals surface area (Å²) in [5.74, 6) is -0.486. The maximum atomic E-state index is 10.5. The van der Waals surface area contributed by atoms with Crippen LogP contribution in [0.4, 0.5) is 5.69 Å². The summed E-state index contributed by atoms with van der Waals surface area (Å²) in [4.78, 5) is 15.0. The van der Waals surface area contributed by atoms with Gasteiger partial charge >= 0.3 is 0 Å². The van der Waals surface area contributed by atoms with Crippen LogP contribution in [0.25, 0.3) is 11.3 Å². The van der Waals surface area contributed by atoms with E-state index < -0.39 is 18.8 Å². The predicted octanol–water partition coefficient (Wildman–Crippen LogP) is 2.65. The number of carbonyl (C=O) groups excluding carboxylic acids is 1. The Morgan fingerprint density at radius 3 is 2.79 bits per heavy atom. The summed E-state index contributed by atoms with van der Waals surface area (Å²) in [6, 6.07) is 12.7. The summed E-state index contributed by atoms with van der Waals surface area (Å²) in [5, 5.41) is 22.9. The van der Waals surface area contributed by atoms with Gasteiger partial charge in [-0.1, -0.05) is 27.7 Å². The molecular formula is C19H14BrN4O4S-. The van der Waals surface area contributed by atoms with E-state index in [9.17, 15) is 9.90 Å². The maximum absolute atomic E-state index is 10.5. The van der Waals surface area contributed by atoms with Gasteiger partial charge in [0.25, 0.3) is 0 Å². The van der Waals surface area contributed by atoms with Gasteiger partial charge in [-0.3, -0.25) is 0 Å². The van der Waals surface area contributed by atoms with E-state index in [1.165, 1.54) is 11.8 Å². The average Bonchev–Trinajstić information content (AvgIpc) is 2.88. The Bertz CT molecular complexity index is 1060. The fourth-order valence-corrected chi connectivity index (χ4v) is 3.45. The minimum Gasteiger partial charge on any atom is -0.546 e. The molecule has 4 rings (SSSR count). The van der Waals surface area contributed by atoms with Crippen LogP contribution in [0.5, 0.6) is 11.6 Å². The lowest BCUT2D eigenvalue weighted by Crippen LogP contribution is -2.28. The molecule has 1 atom stereocenters. The normalized spacial score (nSPS) is 14.6. The molecule has 0 spiro atoms. The molecule has 0 radical (unpaired) electrons. The number of hydrogen-bond acceptors (Lipinski definition) is 9. The Kier molecular flexibility index (Phi) is 5.54. The number of thioether (sulfide) groups is 1. The molecule has 0 saturated heterocycles. The van der Waals surface area contributed by atoms with Crippen LogP contribution in [0.2, 0.25) is 0 Å². The molecule has 1 aromatic heterocycles. The molecule has 0 fully saturated rings. The van der Waals surface area contributed by atoms with Crippen LogP contribution in [-0.2, 0) is 4.79 Å². The number of aliphatic carboxylic acids is 1. The lowest BCUT2D eigenvalue weighted by Gasteiger charge is -2.19. The lowest BCUT2D eigenvalue weighted by atomic mass is 10.1. The number of carboxylic acids is 1. The van der Waals surface area contributed by atoms with Crippen molar-refractivity contribution in [3.63, 3.8) is 0 Å². The molecule has 0 amide bonds. The molecule has 1 aliphatic heterocycles. The topological polar surface area (TPSA) is 109 Å². The van der Waals surface area contributed by atoms with Crippen LogP contribution in [0.15, 0.2) is 52.1 Å². The van der Waals surface area contributed by atoms with E-state index in [-0.39, 0.29) is 0 Å². The fraction of sp³-hybridized carbons (Fsp3) is 0.158. The molecule has 8 nitrogen and oxygen atoms in total. The second-order valence-corrected chi connectivity index (χ2v) is 7.70. The molecule has 0 unspecified atom stereocenters. The lowest BCUT2D eigenvalue weighted by molar-refractivity contribution is -0.307. The smallest absolute Gasteiger partial charge is 0.247 e. The Morgan fingerprint density at radius 2 is 2.07 bits per heavy atom. The highest BCUT2D eigenvalue weighted by molar-refractivity contribution is 9.10. The van der Waals surface area contributed by atoms with Crippen molar-refractivity contribution in [1.29, 1.82) is 0 Å². The number of anilines is 1. The van der Waals surface area contributed by atoms with Crippen LogP contribution >= 0.6 is 27.7 Å². The number of benzene rings is 2.